The molecule has 0 radical (unpaired) electrons. The molecule has 0 fully saturated rings. The molecule has 0 aliphatic rings. The normalized spacial score (nSPS) is 11.0. The van der Waals surface area contributed by atoms with Crippen molar-refractivity contribution in [2.75, 3.05) is 6.61 Å². The Morgan fingerprint density at radius 1 is 1.38 bits per heavy atom. The third kappa shape index (κ3) is 4.35. The number of nitrogens with zero attached hydrogens (tertiary/aromatic N) is 3. The number of hydrogen-bond donors (Lipinski definition) is 1. The molecule has 7 heteroatoms. The van der Waals surface area contributed by atoms with Crippen LogP contribution in [0.2, 0.25) is 5.02 Å². The fourth-order valence-corrected chi connectivity index (χ4v) is 2.36. The van der Waals surface area contributed by atoms with Crippen molar-refractivity contribution >= 4 is 23.7 Å². The van der Waals surface area contributed by atoms with Crippen molar-refractivity contribution in [1.29, 1.82) is 0 Å². The van der Waals surface area contributed by atoms with Crippen molar-refractivity contribution in [1.82, 2.24) is 15.2 Å². The van der Waals surface area contributed by atoms with Crippen LogP contribution in [0.4, 0.5) is 0 Å². The fraction of sp³-hybridized carbons (Fsp3) is 0.353. The number of carbonyl (C=O) groups is 1. The van der Waals surface area contributed by atoms with Gasteiger partial charge in [-0.25, -0.2) is 5.43 Å². The zero-order valence-corrected chi connectivity index (χ0v) is 15.0. The summed E-state index contributed by atoms with van der Waals surface area (Å²) in [6, 6.07) is 3.60. The highest BCUT2D eigenvalue weighted by molar-refractivity contribution is 6.32. The Morgan fingerprint density at radius 2 is 2.04 bits per heavy atom. The van der Waals surface area contributed by atoms with Gasteiger partial charge in [-0.1, -0.05) is 11.6 Å². The van der Waals surface area contributed by atoms with Gasteiger partial charge in [0.25, 0.3) is 5.91 Å². The third-order valence-electron chi connectivity index (χ3n) is 3.61. The first-order valence-corrected chi connectivity index (χ1v) is 8.04. The molecule has 1 aromatic heterocycles. The summed E-state index contributed by atoms with van der Waals surface area (Å²) in [5, 5.41) is 8.85. The van der Waals surface area contributed by atoms with E-state index in [0.717, 1.165) is 28.9 Å². The van der Waals surface area contributed by atoms with E-state index in [4.69, 9.17) is 16.3 Å². The van der Waals surface area contributed by atoms with E-state index in [1.807, 2.05) is 32.4 Å². The molecule has 0 unspecified atom stereocenters. The number of aromatic nitrogens is 2. The van der Waals surface area contributed by atoms with Gasteiger partial charge < -0.3 is 4.74 Å². The molecule has 0 atom stereocenters. The Morgan fingerprint density at radius 3 is 2.62 bits per heavy atom. The highest BCUT2D eigenvalue weighted by atomic mass is 35.5. The molecule has 6 nitrogen and oxygen atoms in total. The first-order chi connectivity index (χ1) is 11.4. The standard InChI is InChI=1S/C17H21ClN4O2/c1-5-22-13(4)14(9-20-22)8-19-21-16(23)10-24-15-6-11(2)17(18)12(3)7-15/h6-9H,5,10H2,1-4H3,(H,21,23)/b19-8-. The lowest BCUT2D eigenvalue weighted by atomic mass is 10.1. The molecule has 0 saturated heterocycles. The second-order valence-corrected chi connectivity index (χ2v) is 5.83. The van der Waals surface area contributed by atoms with Crippen molar-refractivity contribution < 1.29 is 9.53 Å². The van der Waals surface area contributed by atoms with E-state index in [-0.39, 0.29) is 12.5 Å². The minimum absolute atomic E-state index is 0.120. The molecule has 0 spiro atoms. The summed E-state index contributed by atoms with van der Waals surface area (Å²) in [6.07, 6.45) is 3.28. The SMILES string of the molecule is CCn1ncc(/C=N\NC(=O)COc2cc(C)c(Cl)c(C)c2)c1C. The third-order valence-corrected chi connectivity index (χ3v) is 4.21. The summed E-state index contributed by atoms with van der Waals surface area (Å²) in [6.45, 7) is 8.43. The van der Waals surface area contributed by atoms with Crippen molar-refractivity contribution in [3.63, 3.8) is 0 Å². The van der Waals surface area contributed by atoms with Crippen LogP contribution in [0.5, 0.6) is 5.75 Å². The first-order valence-electron chi connectivity index (χ1n) is 7.66. The van der Waals surface area contributed by atoms with Crippen LogP contribution in [-0.4, -0.2) is 28.5 Å². The van der Waals surface area contributed by atoms with Crippen molar-refractivity contribution in [3.05, 3.63) is 45.7 Å². The lowest BCUT2D eigenvalue weighted by Gasteiger charge is -2.09. The van der Waals surface area contributed by atoms with Crippen LogP contribution in [-0.2, 0) is 11.3 Å². The van der Waals surface area contributed by atoms with Crippen LogP contribution in [0.1, 0.15) is 29.3 Å². The first kappa shape index (κ1) is 18.0. The summed E-state index contributed by atoms with van der Waals surface area (Å²) in [5.74, 6) is 0.269. The Labute approximate surface area is 146 Å². The van der Waals surface area contributed by atoms with E-state index in [2.05, 4.69) is 15.6 Å². The number of nitrogens with one attached hydrogen (secondary N) is 1. The number of hydrogen-bond acceptors (Lipinski definition) is 4. The highest BCUT2D eigenvalue weighted by Gasteiger charge is 2.06. The van der Waals surface area contributed by atoms with E-state index < -0.39 is 0 Å². The fourth-order valence-electron chi connectivity index (χ4n) is 2.25. The Bertz CT molecular complexity index is 745. The van der Waals surface area contributed by atoms with Crippen LogP contribution >= 0.6 is 11.6 Å². The smallest absolute Gasteiger partial charge is 0.277 e. The number of aryl methyl sites for hydroxylation is 3. The molecular weight excluding hydrogens is 328 g/mol. The lowest BCUT2D eigenvalue weighted by molar-refractivity contribution is -0.123. The van der Waals surface area contributed by atoms with Crippen molar-refractivity contribution in [2.24, 2.45) is 5.10 Å². The molecule has 1 heterocycles. The van der Waals surface area contributed by atoms with E-state index in [1.165, 1.54) is 0 Å². The van der Waals surface area contributed by atoms with Gasteiger partial charge in [0.2, 0.25) is 0 Å². The van der Waals surface area contributed by atoms with Gasteiger partial charge in [0, 0.05) is 22.8 Å². The summed E-state index contributed by atoms with van der Waals surface area (Å²) in [5.41, 5.74) is 6.12. The Hall–Kier alpha value is -2.34. The van der Waals surface area contributed by atoms with Gasteiger partial charge in [0.1, 0.15) is 5.75 Å². The minimum Gasteiger partial charge on any atom is -0.484 e. The Balaban J connectivity index is 1.87. The van der Waals surface area contributed by atoms with Gasteiger partial charge in [-0.3, -0.25) is 9.48 Å². The molecule has 1 aromatic carbocycles. The van der Waals surface area contributed by atoms with E-state index >= 15 is 0 Å². The molecule has 0 bridgehead atoms. The molecule has 0 aliphatic carbocycles. The Kier molecular flexibility index (Phi) is 5.98. The highest BCUT2D eigenvalue weighted by Crippen LogP contribution is 2.25. The number of amides is 1. The van der Waals surface area contributed by atoms with E-state index in [9.17, 15) is 4.79 Å². The number of ether oxygens (including phenoxy) is 1. The number of carbonyl (C=O) groups excluding carboxylic acids is 1. The van der Waals surface area contributed by atoms with E-state index in [1.54, 1.807) is 24.5 Å². The van der Waals surface area contributed by atoms with Crippen LogP contribution < -0.4 is 10.2 Å². The lowest BCUT2D eigenvalue weighted by Crippen LogP contribution is -2.24. The maximum absolute atomic E-state index is 11.8. The quantitative estimate of drug-likeness (QED) is 0.644. The second-order valence-electron chi connectivity index (χ2n) is 5.45. The second kappa shape index (κ2) is 7.97. The molecule has 1 N–H and O–H groups in total. The molecule has 1 amide bonds. The predicted molar refractivity (Wildman–Crippen MR) is 94.8 cm³/mol. The summed E-state index contributed by atoms with van der Waals surface area (Å²) in [7, 11) is 0. The van der Waals surface area contributed by atoms with Crippen LogP contribution in [0, 0.1) is 20.8 Å². The van der Waals surface area contributed by atoms with Gasteiger partial charge in [-0.2, -0.15) is 10.2 Å². The van der Waals surface area contributed by atoms with Gasteiger partial charge in [0.05, 0.1) is 12.4 Å². The number of benzene rings is 1. The largest absolute Gasteiger partial charge is 0.484 e. The summed E-state index contributed by atoms with van der Waals surface area (Å²) >= 11 is 6.10. The number of rotatable bonds is 6. The molecule has 0 aliphatic heterocycles. The summed E-state index contributed by atoms with van der Waals surface area (Å²) in [4.78, 5) is 11.8. The summed E-state index contributed by atoms with van der Waals surface area (Å²) < 4.78 is 7.33. The molecule has 128 valence electrons. The zero-order valence-electron chi connectivity index (χ0n) is 14.3. The zero-order chi connectivity index (χ0) is 17.7. The van der Waals surface area contributed by atoms with Crippen molar-refractivity contribution in [2.45, 2.75) is 34.2 Å². The van der Waals surface area contributed by atoms with Crippen LogP contribution in [0.25, 0.3) is 0 Å². The molecular formula is C17H21ClN4O2. The van der Waals surface area contributed by atoms with Gasteiger partial charge in [0.15, 0.2) is 6.61 Å². The average Bonchev–Trinajstić information content (AvgIpc) is 2.90. The van der Waals surface area contributed by atoms with Crippen LogP contribution in [0.3, 0.4) is 0 Å². The number of halogens is 1. The molecule has 0 saturated carbocycles. The molecule has 2 aromatic rings. The molecule has 24 heavy (non-hydrogen) atoms. The number of hydrazone groups is 1. The van der Waals surface area contributed by atoms with Gasteiger partial charge in [-0.15, -0.1) is 0 Å². The average molecular weight is 349 g/mol. The maximum Gasteiger partial charge on any atom is 0.277 e. The molecule has 2 rings (SSSR count). The monoisotopic (exact) mass is 348 g/mol. The van der Waals surface area contributed by atoms with Crippen molar-refractivity contribution in [3.8, 4) is 5.75 Å². The van der Waals surface area contributed by atoms with Gasteiger partial charge >= 0.3 is 0 Å². The minimum atomic E-state index is -0.336. The van der Waals surface area contributed by atoms with E-state index in [0.29, 0.717) is 10.8 Å². The topological polar surface area (TPSA) is 68.5 Å². The van der Waals surface area contributed by atoms with Gasteiger partial charge in [-0.05, 0) is 51.0 Å². The van der Waals surface area contributed by atoms with Crippen LogP contribution in [0.15, 0.2) is 23.4 Å². The maximum atomic E-state index is 11.8. The predicted octanol–water partition coefficient (Wildman–Crippen LogP) is 3.01.